The van der Waals surface area contributed by atoms with Crippen LogP contribution in [0.25, 0.3) is 16.6 Å². The summed E-state index contributed by atoms with van der Waals surface area (Å²) in [5.74, 6) is 1.09. The number of fused-ring (bicyclic) bond motifs is 1. The van der Waals surface area contributed by atoms with Gasteiger partial charge in [-0.3, -0.25) is 9.36 Å². The third kappa shape index (κ3) is 3.37. The summed E-state index contributed by atoms with van der Waals surface area (Å²) in [4.78, 5) is 28.7. The molecule has 0 unspecified atom stereocenters. The van der Waals surface area contributed by atoms with Crippen LogP contribution < -0.4 is 15.0 Å². The van der Waals surface area contributed by atoms with E-state index in [-0.39, 0.29) is 12.2 Å². The number of carbonyl (C=O) groups excluding carboxylic acids is 1. The maximum Gasteiger partial charge on any atom is 0.343 e. The van der Waals surface area contributed by atoms with Gasteiger partial charge in [0.25, 0.3) is 5.56 Å². The number of esters is 1. The second-order valence-corrected chi connectivity index (χ2v) is 5.54. The lowest BCUT2D eigenvalue weighted by molar-refractivity contribution is -0.142. The Labute approximate surface area is 149 Å². The van der Waals surface area contributed by atoms with Crippen LogP contribution in [0.1, 0.15) is 5.82 Å². The number of rotatable bonds is 5. The maximum atomic E-state index is 13.0. The van der Waals surface area contributed by atoms with Crippen molar-refractivity contribution in [1.82, 2.24) is 9.55 Å². The fourth-order valence-electron chi connectivity index (χ4n) is 2.62. The van der Waals surface area contributed by atoms with Gasteiger partial charge in [-0.1, -0.05) is 6.07 Å². The molecule has 0 amide bonds. The average molecular weight is 354 g/mol. The molecule has 0 saturated heterocycles. The van der Waals surface area contributed by atoms with Gasteiger partial charge in [-0.15, -0.1) is 0 Å². The van der Waals surface area contributed by atoms with Crippen LogP contribution in [0.5, 0.6) is 11.5 Å². The Morgan fingerprint density at radius 3 is 2.65 bits per heavy atom. The Balaban J connectivity index is 2.09. The first-order chi connectivity index (χ1) is 12.5. The molecule has 0 spiro atoms. The SMILES string of the molecule is COC(=O)COc1ccc2nc(C)n(-c3cccc(OC)c3)c(=O)c2c1. The molecule has 0 N–H and O–H groups in total. The maximum absolute atomic E-state index is 13.0. The third-order valence-corrected chi connectivity index (χ3v) is 3.90. The van der Waals surface area contributed by atoms with Crippen LogP contribution in [0.2, 0.25) is 0 Å². The number of nitrogens with zero attached hydrogens (tertiary/aromatic N) is 2. The Morgan fingerprint density at radius 2 is 1.92 bits per heavy atom. The van der Waals surface area contributed by atoms with Gasteiger partial charge in [0.1, 0.15) is 17.3 Å². The fraction of sp³-hybridized carbons (Fsp3) is 0.211. The second-order valence-electron chi connectivity index (χ2n) is 5.54. The van der Waals surface area contributed by atoms with Gasteiger partial charge < -0.3 is 14.2 Å². The van der Waals surface area contributed by atoms with Gasteiger partial charge >= 0.3 is 5.97 Å². The molecule has 2 aromatic carbocycles. The molecule has 0 aliphatic carbocycles. The van der Waals surface area contributed by atoms with Crippen LogP contribution in [-0.4, -0.2) is 36.3 Å². The van der Waals surface area contributed by atoms with Gasteiger partial charge in [0.05, 0.1) is 30.8 Å². The van der Waals surface area contributed by atoms with Crippen molar-refractivity contribution >= 4 is 16.9 Å². The summed E-state index contributed by atoms with van der Waals surface area (Å²) in [7, 11) is 2.85. The van der Waals surface area contributed by atoms with E-state index in [0.717, 1.165) is 0 Å². The lowest BCUT2D eigenvalue weighted by Crippen LogP contribution is -2.22. The number of aryl methyl sites for hydroxylation is 1. The summed E-state index contributed by atoms with van der Waals surface area (Å²) in [6.45, 7) is 1.54. The molecule has 3 aromatic rings. The molecular weight excluding hydrogens is 336 g/mol. The second kappa shape index (κ2) is 7.26. The zero-order valence-corrected chi connectivity index (χ0v) is 14.7. The molecule has 26 heavy (non-hydrogen) atoms. The van der Waals surface area contributed by atoms with Crippen LogP contribution in [0, 0.1) is 6.92 Å². The van der Waals surface area contributed by atoms with E-state index in [2.05, 4.69) is 9.72 Å². The quantitative estimate of drug-likeness (QED) is 0.654. The lowest BCUT2D eigenvalue weighted by Gasteiger charge is -2.12. The molecule has 7 heteroatoms. The third-order valence-electron chi connectivity index (χ3n) is 3.90. The van der Waals surface area contributed by atoms with E-state index >= 15 is 0 Å². The minimum atomic E-state index is -0.499. The Hall–Kier alpha value is -3.35. The average Bonchev–Trinajstić information content (AvgIpc) is 2.66. The van der Waals surface area contributed by atoms with Gasteiger partial charge in [0, 0.05) is 6.07 Å². The van der Waals surface area contributed by atoms with Crippen molar-refractivity contribution in [2.45, 2.75) is 6.92 Å². The van der Waals surface area contributed by atoms with Crippen LogP contribution >= 0.6 is 0 Å². The lowest BCUT2D eigenvalue weighted by atomic mass is 10.2. The van der Waals surface area contributed by atoms with Crippen molar-refractivity contribution < 1.29 is 19.0 Å². The number of methoxy groups -OCH3 is 2. The van der Waals surface area contributed by atoms with Crippen LogP contribution in [0.3, 0.4) is 0 Å². The normalized spacial score (nSPS) is 10.6. The zero-order chi connectivity index (χ0) is 18.7. The molecule has 0 bridgehead atoms. The Kier molecular flexibility index (Phi) is 4.88. The smallest absolute Gasteiger partial charge is 0.343 e. The van der Waals surface area contributed by atoms with Gasteiger partial charge in [0.15, 0.2) is 6.61 Å². The van der Waals surface area contributed by atoms with Crippen molar-refractivity contribution in [2.75, 3.05) is 20.8 Å². The van der Waals surface area contributed by atoms with Crippen LogP contribution in [0.15, 0.2) is 47.3 Å². The number of hydrogen-bond donors (Lipinski definition) is 0. The van der Waals surface area contributed by atoms with Gasteiger partial charge in [-0.2, -0.15) is 0 Å². The highest BCUT2D eigenvalue weighted by molar-refractivity contribution is 5.80. The first kappa shape index (κ1) is 17.5. The number of ether oxygens (including phenoxy) is 3. The van der Waals surface area contributed by atoms with E-state index in [1.807, 2.05) is 6.07 Å². The van der Waals surface area contributed by atoms with Crippen molar-refractivity contribution in [2.24, 2.45) is 0 Å². The number of carbonyl (C=O) groups is 1. The summed E-state index contributed by atoms with van der Waals surface area (Å²) in [6.07, 6.45) is 0. The molecule has 1 aromatic heterocycles. The predicted octanol–water partition coefficient (Wildman–Crippen LogP) is 2.25. The molecule has 0 radical (unpaired) electrons. The molecule has 0 atom stereocenters. The van der Waals surface area contributed by atoms with Gasteiger partial charge in [-0.25, -0.2) is 9.78 Å². The van der Waals surface area contributed by atoms with E-state index in [4.69, 9.17) is 9.47 Å². The highest BCUT2D eigenvalue weighted by atomic mass is 16.6. The van der Waals surface area contributed by atoms with Crippen LogP contribution in [-0.2, 0) is 9.53 Å². The monoisotopic (exact) mass is 354 g/mol. The molecule has 7 nitrogen and oxygen atoms in total. The van der Waals surface area contributed by atoms with E-state index in [1.165, 1.54) is 11.7 Å². The molecule has 1 heterocycles. The van der Waals surface area contributed by atoms with E-state index in [1.54, 1.807) is 50.4 Å². The van der Waals surface area contributed by atoms with E-state index < -0.39 is 5.97 Å². The van der Waals surface area contributed by atoms with E-state index in [0.29, 0.717) is 33.9 Å². The molecule has 0 saturated carbocycles. The van der Waals surface area contributed by atoms with Gasteiger partial charge in [0.2, 0.25) is 0 Å². The number of benzene rings is 2. The molecule has 0 fully saturated rings. The molecular formula is C19H18N2O5. The summed E-state index contributed by atoms with van der Waals surface area (Å²) in [5, 5.41) is 0.390. The standard InChI is InChI=1S/C19H18N2O5/c1-12-20-17-8-7-15(26-11-18(22)25-3)10-16(17)19(23)21(12)13-5-4-6-14(9-13)24-2/h4-10H,11H2,1-3H3. The molecule has 134 valence electrons. The molecule has 0 aliphatic rings. The predicted molar refractivity (Wildman–Crippen MR) is 96.1 cm³/mol. The summed E-state index contributed by atoms with van der Waals surface area (Å²) in [5.41, 5.74) is 0.975. The minimum Gasteiger partial charge on any atom is -0.497 e. The topological polar surface area (TPSA) is 79.7 Å². The minimum absolute atomic E-state index is 0.231. The summed E-state index contributed by atoms with van der Waals surface area (Å²) < 4.78 is 16.6. The zero-order valence-electron chi connectivity index (χ0n) is 14.7. The van der Waals surface area contributed by atoms with Crippen molar-refractivity contribution in [3.05, 3.63) is 58.6 Å². The number of hydrogen-bond acceptors (Lipinski definition) is 6. The molecule has 3 rings (SSSR count). The first-order valence-corrected chi connectivity index (χ1v) is 7.91. The largest absolute Gasteiger partial charge is 0.497 e. The molecule has 0 aliphatic heterocycles. The highest BCUT2D eigenvalue weighted by Crippen LogP contribution is 2.20. The highest BCUT2D eigenvalue weighted by Gasteiger charge is 2.12. The Morgan fingerprint density at radius 1 is 1.12 bits per heavy atom. The fourth-order valence-corrected chi connectivity index (χ4v) is 2.62. The van der Waals surface area contributed by atoms with Crippen LogP contribution in [0.4, 0.5) is 0 Å². The van der Waals surface area contributed by atoms with Crippen molar-refractivity contribution in [3.63, 3.8) is 0 Å². The first-order valence-electron chi connectivity index (χ1n) is 7.91. The summed E-state index contributed by atoms with van der Waals surface area (Å²) >= 11 is 0. The van der Waals surface area contributed by atoms with Crippen molar-refractivity contribution in [1.29, 1.82) is 0 Å². The Bertz CT molecular complexity index is 1030. The number of aromatic nitrogens is 2. The van der Waals surface area contributed by atoms with E-state index in [9.17, 15) is 9.59 Å². The summed E-state index contributed by atoms with van der Waals surface area (Å²) in [6, 6.07) is 12.1. The van der Waals surface area contributed by atoms with Gasteiger partial charge in [-0.05, 0) is 37.3 Å². The van der Waals surface area contributed by atoms with Crippen molar-refractivity contribution in [3.8, 4) is 17.2 Å².